The summed E-state index contributed by atoms with van der Waals surface area (Å²) < 4.78 is 0. The molecule has 0 bridgehead atoms. The summed E-state index contributed by atoms with van der Waals surface area (Å²) in [6.07, 6.45) is -1.44. The monoisotopic (exact) mass is 258 g/mol. The fourth-order valence-electron chi connectivity index (χ4n) is 1.30. The molecule has 0 aromatic heterocycles. The maximum absolute atomic E-state index is 10.9. The smallest absolute Gasteiger partial charge is 0.413 e. The Balaban J connectivity index is 3.42. The van der Waals surface area contributed by atoms with Crippen LogP contribution in [-0.2, 0) is 14.4 Å². The third-order valence-corrected chi connectivity index (χ3v) is 1.98. The van der Waals surface area contributed by atoms with E-state index >= 15 is 0 Å². The molecule has 1 aliphatic rings. The second kappa shape index (κ2) is 4.53. The highest BCUT2D eigenvalue weighted by molar-refractivity contribution is 6.42. The molecule has 1 aliphatic heterocycles. The number of carbonyl (C=O) groups is 4. The van der Waals surface area contributed by atoms with Gasteiger partial charge in [0.1, 0.15) is 0 Å². The molecule has 0 saturated heterocycles. The molecule has 10 nitrogen and oxygen atoms in total. The van der Waals surface area contributed by atoms with Gasteiger partial charge >= 0.3 is 24.0 Å². The van der Waals surface area contributed by atoms with Gasteiger partial charge in [-0.2, -0.15) is 0 Å². The maximum atomic E-state index is 10.9. The summed E-state index contributed by atoms with van der Waals surface area (Å²) in [5.41, 5.74) is -1.94. The van der Waals surface area contributed by atoms with Gasteiger partial charge in [-0.3, -0.25) is 0 Å². The summed E-state index contributed by atoms with van der Waals surface area (Å²) in [6, 6.07) is -2.21. The van der Waals surface area contributed by atoms with Crippen LogP contribution in [0.15, 0.2) is 16.9 Å². The molecule has 18 heavy (non-hydrogen) atoms. The Labute approximate surface area is 98.1 Å². The van der Waals surface area contributed by atoms with Crippen molar-refractivity contribution in [3.63, 3.8) is 0 Å². The molecular weight excluding hydrogens is 252 g/mol. The van der Waals surface area contributed by atoms with Gasteiger partial charge in [0, 0.05) is 0 Å². The van der Waals surface area contributed by atoms with Gasteiger partial charge < -0.3 is 20.4 Å². The number of aliphatic carboxylic acids is 3. The number of carboxylic acids is 3. The zero-order valence-electron chi connectivity index (χ0n) is 8.47. The summed E-state index contributed by atoms with van der Waals surface area (Å²) in [7, 11) is 0. The van der Waals surface area contributed by atoms with Crippen LogP contribution in [0.4, 0.5) is 4.79 Å². The van der Waals surface area contributed by atoms with Crippen LogP contribution in [-0.4, -0.2) is 61.1 Å². The molecule has 1 rings (SSSR count). The Morgan fingerprint density at radius 2 is 1.61 bits per heavy atom. The molecule has 10 heteroatoms. The van der Waals surface area contributed by atoms with Crippen molar-refractivity contribution in [2.45, 2.75) is 6.04 Å². The lowest BCUT2D eigenvalue weighted by Gasteiger charge is -2.27. The molecule has 0 radical (unpaired) electrons. The molecule has 4 N–H and O–H groups in total. The van der Waals surface area contributed by atoms with Gasteiger partial charge in [0.15, 0.2) is 17.5 Å². The van der Waals surface area contributed by atoms with Crippen molar-refractivity contribution >= 4 is 29.7 Å². The van der Waals surface area contributed by atoms with E-state index in [0.29, 0.717) is 6.20 Å². The Bertz CT molecular complexity index is 459. The van der Waals surface area contributed by atoms with E-state index < -0.39 is 41.5 Å². The Hall–Kier alpha value is -2.91. The van der Waals surface area contributed by atoms with Gasteiger partial charge in [0.2, 0.25) is 0 Å². The van der Waals surface area contributed by atoms with E-state index in [0.717, 1.165) is 0 Å². The molecule has 1 amide bonds. The van der Waals surface area contributed by atoms with Crippen molar-refractivity contribution < 1.29 is 39.6 Å². The normalized spacial score (nSPS) is 18.7. The maximum Gasteiger partial charge on any atom is 0.413 e. The largest absolute Gasteiger partial charge is 0.479 e. The molecule has 0 aromatic rings. The summed E-state index contributed by atoms with van der Waals surface area (Å²) >= 11 is 0. The van der Waals surface area contributed by atoms with Crippen molar-refractivity contribution in [2.24, 2.45) is 4.99 Å². The number of aliphatic imine (C=N–C) groups is 1. The molecule has 96 valence electrons. The second-order valence-corrected chi connectivity index (χ2v) is 3.03. The number of amides is 1. The van der Waals surface area contributed by atoms with Crippen molar-refractivity contribution in [1.29, 1.82) is 0 Å². The lowest BCUT2D eigenvalue weighted by molar-refractivity contribution is -0.142. The van der Waals surface area contributed by atoms with Crippen LogP contribution in [0.2, 0.25) is 0 Å². The lowest BCUT2D eigenvalue weighted by Crippen LogP contribution is -2.53. The molecule has 0 spiro atoms. The molecule has 0 aromatic carbocycles. The van der Waals surface area contributed by atoms with Crippen LogP contribution in [0.25, 0.3) is 0 Å². The van der Waals surface area contributed by atoms with Crippen LogP contribution < -0.4 is 0 Å². The Morgan fingerprint density at radius 1 is 1.06 bits per heavy atom. The van der Waals surface area contributed by atoms with Crippen LogP contribution in [0, 0.1) is 0 Å². The van der Waals surface area contributed by atoms with Crippen LogP contribution in [0.1, 0.15) is 0 Å². The van der Waals surface area contributed by atoms with Gasteiger partial charge in [-0.1, -0.05) is 0 Å². The summed E-state index contributed by atoms with van der Waals surface area (Å²) in [5.74, 6) is -5.34. The SMILES string of the molecule is O=C(O)C1=CN=C(C(=O)O)C(C(=O)O)N1C(=O)O. The second-order valence-electron chi connectivity index (χ2n) is 3.03. The number of carboxylic acid groups (broad SMARTS) is 4. The van der Waals surface area contributed by atoms with Gasteiger partial charge in [-0.25, -0.2) is 29.1 Å². The topological polar surface area (TPSA) is 165 Å². The Morgan fingerprint density at radius 3 is 1.94 bits per heavy atom. The first kappa shape index (κ1) is 13.2. The van der Waals surface area contributed by atoms with Crippen LogP contribution >= 0.6 is 0 Å². The van der Waals surface area contributed by atoms with E-state index in [1.807, 2.05) is 0 Å². The van der Waals surface area contributed by atoms with Crippen LogP contribution in [0.5, 0.6) is 0 Å². The van der Waals surface area contributed by atoms with Gasteiger partial charge in [-0.05, 0) is 0 Å². The van der Waals surface area contributed by atoms with Gasteiger partial charge in [0.05, 0.1) is 6.20 Å². The van der Waals surface area contributed by atoms with E-state index in [2.05, 4.69) is 4.99 Å². The quantitative estimate of drug-likeness (QED) is 0.494. The zero-order chi connectivity index (χ0) is 14.0. The van der Waals surface area contributed by atoms with E-state index in [4.69, 9.17) is 20.4 Å². The van der Waals surface area contributed by atoms with E-state index in [9.17, 15) is 19.2 Å². The fourth-order valence-corrected chi connectivity index (χ4v) is 1.30. The average molecular weight is 258 g/mol. The third kappa shape index (κ3) is 2.11. The van der Waals surface area contributed by atoms with Gasteiger partial charge in [-0.15, -0.1) is 0 Å². The summed E-state index contributed by atoms with van der Waals surface area (Å²) in [5, 5.41) is 35.0. The Kier molecular flexibility index (Phi) is 3.31. The molecule has 1 heterocycles. The highest BCUT2D eigenvalue weighted by atomic mass is 16.4. The number of nitrogens with zero attached hydrogens (tertiary/aromatic N) is 2. The lowest BCUT2D eigenvalue weighted by atomic mass is 10.1. The first-order valence-electron chi connectivity index (χ1n) is 4.26. The van der Waals surface area contributed by atoms with E-state index in [1.54, 1.807) is 0 Å². The molecular formula is C8H6N2O8. The molecule has 0 fully saturated rings. The molecule has 0 aliphatic carbocycles. The minimum absolute atomic E-state index is 0.0822. The zero-order valence-corrected chi connectivity index (χ0v) is 8.47. The van der Waals surface area contributed by atoms with Crippen molar-refractivity contribution in [3.8, 4) is 0 Å². The third-order valence-electron chi connectivity index (χ3n) is 1.98. The number of hydrogen-bond acceptors (Lipinski definition) is 5. The summed E-state index contributed by atoms with van der Waals surface area (Å²) in [6.45, 7) is 0. The first-order valence-corrected chi connectivity index (χ1v) is 4.26. The minimum atomic E-state index is -2.21. The predicted molar refractivity (Wildman–Crippen MR) is 52.1 cm³/mol. The molecule has 1 atom stereocenters. The molecule has 1 unspecified atom stereocenters. The van der Waals surface area contributed by atoms with Crippen molar-refractivity contribution in [1.82, 2.24) is 4.90 Å². The minimum Gasteiger partial charge on any atom is -0.479 e. The van der Waals surface area contributed by atoms with Crippen molar-refractivity contribution in [3.05, 3.63) is 11.9 Å². The van der Waals surface area contributed by atoms with E-state index in [-0.39, 0.29) is 4.90 Å². The number of hydrogen-bond donors (Lipinski definition) is 4. The van der Waals surface area contributed by atoms with Gasteiger partial charge in [0.25, 0.3) is 0 Å². The van der Waals surface area contributed by atoms with Crippen molar-refractivity contribution in [2.75, 3.05) is 0 Å². The molecule has 0 saturated carbocycles. The van der Waals surface area contributed by atoms with Crippen LogP contribution in [0.3, 0.4) is 0 Å². The fraction of sp³-hybridized carbons (Fsp3) is 0.125. The predicted octanol–water partition coefficient (Wildman–Crippen LogP) is -1.12. The summed E-state index contributed by atoms with van der Waals surface area (Å²) in [4.78, 5) is 46.3. The first-order chi connectivity index (χ1) is 8.27. The number of rotatable bonds is 3. The average Bonchev–Trinajstić information content (AvgIpc) is 2.26. The highest BCUT2D eigenvalue weighted by Gasteiger charge is 2.43. The standard InChI is InChI=1S/C8H6N2O8/c11-5(12)2-1-9-3(6(13)14)4(7(15)16)10(2)8(17)18/h1,4H,(H,11,12)(H,13,14)(H,15,16)(H,17,18). The highest BCUT2D eigenvalue weighted by Crippen LogP contribution is 2.18. The van der Waals surface area contributed by atoms with E-state index in [1.165, 1.54) is 0 Å².